The molecule has 1 unspecified atom stereocenters. The maximum atomic E-state index is 13.1. The molecular weight excluding hydrogens is 426 g/mol. The lowest BCUT2D eigenvalue weighted by Crippen LogP contribution is -2.54. The normalized spacial score (nSPS) is 20.2. The minimum atomic E-state index is -0.973. The summed E-state index contributed by atoms with van der Waals surface area (Å²) in [5, 5.41) is 8.38. The van der Waals surface area contributed by atoms with Crippen LogP contribution in [0.2, 0.25) is 0 Å². The van der Waals surface area contributed by atoms with Gasteiger partial charge in [-0.15, -0.1) is 0 Å². The Bertz CT molecular complexity index is 972. The lowest BCUT2D eigenvalue weighted by molar-refractivity contribution is -0.136. The van der Waals surface area contributed by atoms with E-state index in [-0.39, 0.29) is 30.0 Å². The fourth-order valence-corrected chi connectivity index (χ4v) is 4.54. The zero-order valence-corrected chi connectivity index (χ0v) is 18.5. The van der Waals surface area contributed by atoms with Crippen molar-refractivity contribution in [1.29, 1.82) is 0 Å². The number of piperidine rings is 1. The Balaban J connectivity index is 1.27. The molecule has 6 amide bonds. The first-order valence-corrected chi connectivity index (χ1v) is 11.6. The van der Waals surface area contributed by atoms with Crippen LogP contribution < -0.4 is 16.0 Å². The van der Waals surface area contributed by atoms with Crippen LogP contribution in [0.25, 0.3) is 0 Å². The van der Waals surface area contributed by atoms with E-state index in [1.165, 1.54) is 0 Å². The first-order chi connectivity index (χ1) is 16.0. The number of urea groups is 1. The standard InChI is InChI=1S/C23H29N5O5/c29-18-10-9-17(20(30)26-18)28-21(31)15-7-6-8-16(19(15)22(28)32)24-11-2-1-3-12-25-23(33)27-13-4-5-14-27/h6-8,17,24H,1-5,9-14H2,(H,25,33)(H,26,29,30). The van der Waals surface area contributed by atoms with Crippen molar-refractivity contribution < 1.29 is 24.0 Å². The minimum Gasteiger partial charge on any atom is -0.384 e. The van der Waals surface area contributed by atoms with E-state index in [9.17, 15) is 24.0 Å². The number of imide groups is 2. The smallest absolute Gasteiger partial charge is 0.317 e. The molecule has 10 nitrogen and oxygen atoms in total. The number of hydrogen-bond donors (Lipinski definition) is 3. The van der Waals surface area contributed by atoms with Gasteiger partial charge in [0.1, 0.15) is 6.04 Å². The van der Waals surface area contributed by atoms with Gasteiger partial charge < -0.3 is 15.5 Å². The van der Waals surface area contributed by atoms with Crippen molar-refractivity contribution in [2.24, 2.45) is 0 Å². The fraction of sp³-hybridized carbons (Fsp3) is 0.522. The summed E-state index contributed by atoms with van der Waals surface area (Å²) in [5.74, 6) is -2.04. The molecular formula is C23H29N5O5. The molecule has 0 radical (unpaired) electrons. The summed E-state index contributed by atoms with van der Waals surface area (Å²) in [6.07, 6.45) is 4.96. The van der Waals surface area contributed by atoms with Gasteiger partial charge in [0.2, 0.25) is 11.8 Å². The summed E-state index contributed by atoms with van der Waals surface area (Å²) in [7, 11) is 0. The van der Waals surface area contributed by atoms with Crippen LogP contribution in [0.15, 0.2) is 18.2 Å². The molecule has 176 valence electrons. The molecule has 1 atom stereocenters. The zero-order valence-electron chi connectivity index (χ0n) is 18.5. The minimum absolute atomic E-state index is 0.00854. The summed E-state index contributed by atoms with van der Waals surface area (Å²) < 4.78 is 0. The maximum Gasteiger partial charge on any atom is 0.317 e. The monoisotopic (exact) mass is 455 g/mol. The summed E-state index contributed by atoms with van der Waals surface area (Å²) in [6, 6.07) is 4.06. The average Bonchev–Trinajstić information content (AvgIpc) is 3.42. The van der Waals surface area contributed by atoms with Gasteiger partial charge in [-0.05, 0) is 50.7 Å². The molecule has 2 saturated heterocycles. The van der Waals surface area contributed by atoms with Crippen LogP contribution in [-0.2, 0) is 9.59 Å². The molecule has 3 heterocycles. The molecule has 3 aliphatic heterocycles. The molecule has 33 heavy (non-hydrogen) atoms. The lowest BCUT2D eigenvalue weighted by Gasteiger charge is -2.27. The van der Waals surface area contributed by atoms with Crippen LogP contribution in [0.1, 0.15) is 65.7 Å². The van der Waals surface area contributed by atoms with Crippen LogP contribution >= 0.6 is 0 Å². The van der Waals surface area contributed by atoms with E-state index in [1.54, 1.807) is 18.2 Å². The highest BCUT2D eigenvalue weighted by atomic mass is 16.2. The molecule has 3 aliphatic rings. The average molecular weight is 456 g/mol. The van der Waals surface area contributed by atoms with Gasteiger partial charge in [0, 0.05) is 38.3 Å². The number of carbonyl (C=O) groups is 5. The Labute approximate surface area is 192 Å². The van der Waals surface area contributed by atoms with E-state index in [4.69, 9.17) is 0 Å². The van der Waals surface area contributed by atoms with Gasteiger partial charge in [-0.1, -0.05) is 6.07 Å². The Kier molecular flexibility index (Phi) is 6.90. The second-order valence-electron chi connectivity index (χ2n) is 8.59. The van der Waals surface area contributed by atoms with E-state index >= 15 is 0 Å². The number of nitrogens with one attached hydrogen (secondary N) is 3. The molecule has 0 bridgehead atoms. The van der Waals surface area contributed by atoms with E-state index < -0.39 is 29.7 Å². The third-order valence-electron chi connectivity index (χ3n) is 6.31. The molecule has 2 fully saturated rings. The Morgan fingerprint density at radius 1 is 1.00 bits per heavy atom. The molecule has 0 aliphatic carbocycles. The summed E-state index contributed by atoms with van der Waals surface area (Å²) in [6.45, 7) is 2.90. The second kappa shape index (κ2) is 10.0. The largest absolute Gasteiger partial charge is 0.384 e. The number of fused-ring (bicyclic) bond motifs is 1. The number of nitrogens with zero attached hydrogens (tertiary/aromatic N) is 2. The van der Waals surface area contributed by atoms with Gasteiger partial charge >= 0.3 is 6.03 Å². The molecule has 4 rings (SSSR count). The molecule has 3 N–H and O–H groups in total. The van der Waals surface area contributed by atoms with Gasteiger partial charge in [-0.2, -0.15) is 0 Å². The Morgan fingerprint density at radius 2 is 1.76 bits per heavy atom. The predicted octanol–water partition coefficient (Wildman–Crippen LogP) is 1.48. The molecule has 0 saturated carbocycles. The van der Waals surface area contributed by atoms with Crippen molar-refractivity contribution in [3.63, 3.8) is 0 Å². The van der Waals surface area contributed by atoms with Crippen LogP contribution in [0, 0.1) is 0 Å². The van der Waals surface area contributed by atoms with E-state index in [0.717, 1.165) is 50.1 Å². The number of carbonyl (C=O) groups excluding carboxylic acids is 5. The van der Waals surface area contributed by atoms with Gasteiger partial charge in [0.05, 0.1) is 11.1 Å². The van der Waals surface area contributed by atoms with E-state index in [0.29, 0.717) is 18.8 Å². The van der Waals surface area contributed by atoms with Gasteiger partial charge in [-0.25, -0.2) is 4.79 Å². The maximum absolute atomic E-state index is 13.1. The van der Waals surface area contributed by atoms with Crippen LogP contribution in [0.3, 0.4) is 0 Å². The van der Waals surface area contributed by atoms with Crippen molar-refractivity contribution in [3.05, 3.63) is 29.3 Å². The quantitative estimate of drug-likeness (QED) is 0.402. The molecule has 10 heteroatoms. The summed E-state index contributed by atoms with van der Waals surface area (Å²) in [4.78, 5) is 64.3. The second-order valence-corrected chi connectivity index (χ2v) is 8.59. The Morgan fingerprint density at radius 3 is 2.52 bits per heavy atom. The third kappa shape index (κ3) is 4.84. The molecule has 1 aromatic carbocycles. The van der Waals surface area contributed by atoms with Crippen molar-refractivity contribution in [3.8, 4) is 0 Å². The summed E-state index contributed by atoms with van der Waals surface area (Å²) >= 11 is 0. The van der Waals surface area contributed by atoms with Crippen LogP contribution in [0.4, 0.5) is 10.5 Å². The summed E-state index contributed by atoms with van der Waals surface area (Å²) in [5.41, 5.74) is 1.09. The number of unbranched alkanes of at least 4 members (excludes halogenated alkanes) is 2. The van der Waals surface area contributed by atoms with Crippen LogP contribution in [-0.4, -0.2) is 71.7 Å². The van der Waals surface area contributed by atoms with Crippen molar-refractivity contribution in [2.45, 2.75) is 51.0 Å². The van der Waals surface area contributed by atoms with Crippen molar-refractivity contribution in [2.75, 3.05) is 31.5 Å². The Hall–Kier alpha value is -3.43. The number of hydrogen-bond acceptors (Lipinski definition) is 6. The van der Waals surface area contributed by atoms with E-state index in [1.807, 2.05) is 4.90 Å². The number of rotatable bonds is 8. The van der Waals surface area contributed by atoms with Gasteiger partial charge in [0.15, 0.2) is 0 Å². The fourth-order valence-electron chi connectivity index (χ4n) is 4.54. The van der Waals surface area contributed by atoms with Gasteiger partial charge in [0.25, 0.3) is 11.8 Å². The SMILES string of the molecule is O=C1CCC(N2C(=O)c3cccc(NCCCCCNC(=O)N4CCCC4)c3C2=O)C(=O)N1. The van der Waals surface area contributed by atoms with Crippen molar-refractivity contribution >= 4 is 35.3 Å². The third-order valence-corrected chi connectivity index (χ3v) is 6.31. The highest BCUT2D eigenvalue weighted by molar-refractivity contribution is 6.25. The highest BCUT2D eigenvalue weighted by Crippen LogP contribution is 2.32. The number of anilines is 1. The van der Waals surface area contributed by atoms with E-state index in [2.05, 4.69) is 16.0 Å². The zero-order chi connectivity index (χ0) is 23.4. The van der Waals surface area contributed by atoms with Crippen molar-refractivity contribution in [1.82, 2.24) is 20.4 Å². The first-order valence-electron chi connectivity index (χ1n) is 11.6. The number of benzene rings is 1. The molecule has 0 spiro atoms. The molecule has 1 aromatic rings. The van der Waals surface area contributed by atoms with Crippen LogP contribution in [0.5, 0.6) is 0 Å². The predicted molar refractivity (Wildman–Crippen MR) is 120 cm³/mol. The number of likely N-dealkylation sites (tertiary alicyclic amines) is 1. The highest BCUT2D eigenvalue weighted by Gasteiger charge is 2.45. The molecule has 0 aromatic heterocycles. The topological polar surface area (TPSA) is 128 Å². The number of amides is 6. The van der Waals surface area contributed by atoms with Gasteiger partial charge in [-0.3, -0.25) is 29.4 Å². The lowest BCUT2D eigenvalue weighted by atomic mass is 10.0. The first kappa shape index (κ1) is 22.8.